The van der Waals surface area contributed by atoms with Crippen molar-refractivity contribution in [2.75, 3.05) is 11.9 Å². The molecule has 3 heteroatoms. The summed E-state index contributed by atoms with van der Waals surface area (Å²) in [7, 11) is 4.26. The van der Waals surface area contributed by atoms with Crippen LogP contribution in [-0.2, 0) is 13.6 Å². The lowest BCUT2D eigenvalue weighted by molar-refractivity contribution is -0.659. The van der Waals surface area contributed by atoms with Crippen molar-refractivity contribution in [3.05, 3.63) is 77.3 Å². The van der Waals surface area contributed by atoms with E-state index in [0.717, 1.165) is 5.56 Å². The van der Waals surface area contributed by atoms with Crippen LogP contribution in [0.15, 0.2) is 54.7 Å². The number of hydrogen-bond donors (Lipinski definition) is 0. The molecule has 1 aliphatic rings. The monoisotopic (exact) mass is 350 g/mol. The molecule has 5 rings (SSSR count). The van der Waals surface area contributed by atoms with E-state index >= 15 is 0 Å². The first-order valence-corrected chi connectivity index (χ1v) is 9.15. The second kappa shape index (κ2) is 5.56. The average molecular weight is 350 g/mol. The lowest BCUT2D eigenvalue weighted by Gasteiger charge is -2.30. The van der Waals surface area contributed by atoms with E-state index in [1.165, 1.54) is 49.7 Å². The van der Waals surface area contributed by atoms with Gasteiger partial charge in [0.05, 0.1) is 22.3 Å². The Kier molecular flexibility index (Phi) is 3.26. The number of anilines is 2. The van der Waals surface area contributed by atoms with Crippen molar-refractivity contribution in [2.45, 2.75) is 13.5 Å². The number of pyridine rings is 1. The van der Waals surface area contributed by atoms with Gasteiger partial charge in [-0.1, -0.05) is 24.3 Å². The van der Waals surface area contributed by atoms with E-state index in [4.69, 9.17) is 6.57 Å². The molecule has 3 nitrogen and oxygen atoms in total. The van der Waals surface area contributed by atoms with Crippen molar-refractivity contribution in [1.82, 2.24) is 0 Å². The first kappa shape index (κ1) is 15.8. The molecule has 1 aromatic heterocycles. The number of aryl methyl sites for hydroxylation is 2. The Bertz CT molecular complexity index is 1290. The predicted octanol–water partition coefficient (Wildman–Crippen LogP) is 5.29. The fourth-order valence-electron chi connectivity index (χ4n) is 4.49. The zero-order valence-electron chi connectivity index (χ0n) is 15.7. The predicted molar refractivity (Wildman–Crippen MR) is 111 cm³/mol. The maximum atomic E-state index is 7.26. The molecule has 4 aromatic rings. The molecule has 0 unspecified atom stereocenters. The van der Waals surface area contributed by atoms with Crippen LogP contribution in [0.4, 0.5) is 11.4 Å². The molecular formula is C24H20N3+. The van der Waals surface area contributed by atoms with E-state index in [2.05, 4.69) is 90.1 Å². The first-order chi connectivity index (χ1) is 13.1. The number of hydrogen-bond acceptors (Lipinski definition) is 1. The van der Waals surface area contributed by atoms with E-state index in [9.17, 15) is 0 Å². The third kappa shape index (κ3) is 2.10. The lowest BCUT2D eigenvalue weighted by Crippen LogP contribution is -2.33. The Balaban J connectivity index is 1.98. The van der Waals surface area contributed by atoms with Gasteiger partial charge in [0.15, 0.2) is 6.20 Å². The molecule has 0 bridgehead atoms. The minimum Gasteiger partial charge on any atom is -0.343 e. The Hall–Kier alpha value is -3.38. The lowest BCUT2D eigenvalue weighted by atomic mass is 9.88. The van der Waals surface area contributed by atoms with Gasteiger partial charge < -0.3 is 9.74 Å². The van der Waals surface area contributed by atoms with E-state index in [-0.39, 0.29) is 0 Å². The van der Waals surface area contributed by atoms with Crippen LogP contribution >= 0.6 is 0 Å². The number of fused-ring (bicyclic) bond motifs is 3. The van der Waals surface area contributed by atoms with Gasteiger partial charge in [-0.3, -0.25) is 0 Å². The normalized spacial score (nSPS) is 12.3. The molecule has 3 aromatic carbocycles. The molecule has 0 aliphatic carbocycles. The Morgan fingerprint density at radius 3 is 2.67 bits per heavy atom. The fraction of sp³-hybridized carbons (Fsp3) is 0.167. The number of rotatable bonds is 1. The summed E-state index contributed by atoms with van der Waals surface area (Å²) in [4.78, 5) is 5.89. The molecule has 27 heavy (non-hydrogen) atoms. The van der Waals surface area contributed by atoms with Crippen LogP contribution in [0.3, 0.4) is 0 Å². The van der Waals surface area contributed by atoms with Crippen LogP contribution < -0.4 is 9.47 Å². The van der Waals surface area contributed by atoms with E-state index in [1.807, 2.05) is 0 Å². The van der Waals surface area contributed by atoms with Gasteiger partial charge in [-0.15, -0.1) is 0 Å². The van der Waals surface area contributed by atoms with Gasteiger partial charge >= 0.3 is 0 Å². The maximum Gasteiger partial charge on any atom is 0.239 e. The second-order valence-electron chi connectivity index (χ2n) is 7.35. The summed E-state index contributed by atoms with van der Waals surface area (Å²) in [6.07, 6.45) is 2.13. The van der Waals surface area contributed by atoms with Crippen LogP contribution in [-0.4, -0.2) is 7.05 Å². The molecule has 0 amide bonds. The van der Waals surface area contributed by atoms with Gasteiger partial charge in [0.1, 0.15) is 7.05 Å². The van der Waals surface area contributed by atoms with Gasteiger partial charge in [0, 0.05) is 18.7 Å². The number of aromatic nitrogens is 1. The van der Waals surface area contributed by atoms with Crippen molar-refractivity contribution >= 4 is 32.9 Å². The van der Waals surface area contributed by atoms with Crippen LogP contribution in [0.1, 0.15) is 11.1 Å². The molecular weight excluding hydrogens is 330 g/mol. The molecule has 0 radical (unpaired) electrons. The van der Waals surface area contributed by atoms with Gasteiger partial charge in [-0.2, -0.15) is 0 Å². The first-order valence-electron chi connectivity index (χ1n) is 9.15. The average Bonchev–Trinajstić information content (AvgIpc) is 2.67. The molecule has 0 saturated carbocycles. The van der Waals surface area contributed by atoms with Gasteiger partial charge in [0.25, 0.3) is 0 Å². The summed E-state index contributed by atoms with van der Waals surface area (Å²) in [5.41, 5.74) is 7.35. The molecule has 0 fully saturated rings. The molecule has 0 atom stereocenters. The zero-order valence-corrected chi connectivity index (χ0v) is 15.7. The molecule has 1 aliphatic heterocycles. The van der Waals surface area contributed by atoms with Crippen molar-refractivity contribution < 1.29 is 4.57 Å². The highest BCUT2D eigenvalue weighted by molar-refractivity contribution is 6.12. The third-order valence-corrected chi connectivity index (χ3v) is 5.78. The SMILES string of the molecule is [C-]#[N+]Cc1cc2c3c([n+](C)ccc3c1)-c1c(cc3ccccc3c1C)N2C. The summed E-state index contributed by atoms with van der Waals surface area (Å²) < 4.78 is 2.23. The van der Waals surface area contributed by atoms with Crippen LogP contribution in [0, 0.1) is 13.5 Å². The van der Waals surface area contributed by atoms with Gasteiger partial charge in [-0.25, -0.2) is 11.1 Å². The molecule has 0 spiro atoms. The molecule has 0 N–H and O–H groups in total. The van der Waals surface area contributed by atoms with E-state index in [1.54, 1.807) is 0 Å². The van der Waals surface area contributed by atoms with Gasteiger partial charge in [-0.05, 0) is 46.8 Å². The van der Waals surface area contributed by atoms with Crippen molar-refractivity contribution in [3.8, 4) is 11.3 Å². The molecule has 130 valence electrons. The Morgan fingerprint density at radius 1 is 1.04 bits per heavy atom. The van der Waals surface area contributed by atoms with Crippen LogP contribution in [0.25, 0.3) is 37.6 Å². The second-order valence-corrected chi connectivity index (χ2v) is 7.35. The summed E-state index contributed by atoms with van der Waals surface area (Å²) in [5, 5.41) is 5.03. The fourth-order valence-corrected chi connectivity index (χ4v) is 4.49. The van der Waals surface area contributed by atoms with Crippen molar-refractivity contribution in [2.24, 2.45) is 7.05 Å². The van der Waals surface area contributed by atoms with E-state index in [0.29, 0.717) is 6.54 Å². The molecule has 0 saturated heterocycles. The zero-order chi connectivity index (χ0) is 18.7. The van der Waals surface area contributed by atoms with Crippen LogP contribution in [0.2, 0.25) is 0 Å². The topological polar surface area (TPSA) is 11.5 Å². The largest absolute Gasteiger partial charge is 0.343 e. The highest BCUT2D eigenvalue weighted by atomic mass is 15.1. The third-order valence-electron chi connectivity index (χ3n) is 5.78. The number of nitrogens with zero attached hydrogens (tertiary/aromatic N) is 3. The Morgan fingerprint density at radius 2 is 1.85 bits per heavy atom. The van der Waals surface area contributed by atoms with Crippen LogP contribution in [0.5, 0.6) is 0 Å². The minimum absolute atomic E-state index is 0.413. The standard InChI is InChI=1S/C24H20N3/c1-15-19-8-6-5-7-17(19)13-21-22(15)24-23-18(9-10-26(24)3)11-16(14-25-2)12-20(23)27(21)4/h5-13H,14H2,1,3-4H3/q+1. The smallest absolute Gasteiger partial charge is 0.239 e. The van der Waals surface area contributed by atoms with Crippen molar-refractivity contribution in [1.29, 1.82) is 0 Å². The highest BCUT2D eigenvalue weighted by Gasteiger charge is 2.31. The minimum atomic E-state index is 0.413. The Labute approximate surface area is 158 Å². The number of benzene rings is 3. The summed E-state index contributed by atoms with van der Waals surface area (Å²) in [6, 6.07) is 17.4. The molecule has 2 heterocycles. The summed E-state index contributed by atoms with van der Waals surface area (Å²) in [6.45, 7) is 9.90. The van der Waals surface area contributed by atoms with Crippen molar-refractivity contribution in [3.63, 3.8) is 0 Å². The summed E-state index contributed by atoms with van der Waals surface area (Å²) in [5.74, 6) is 0. The summed E-state index contributed by atoms with van der Waals surface area (Å²) >= 11 is 0. The maximum absolute atomic E-state index is 7.26. The highest BCUT2D eigenvalue weighted by Crippen LogP contribution is 2.48. The quantitative estimate of drug-likeness (QED) is 0.335. The van der Waals surface area contributed by atoms with E-state index < -0.39 is 0 Å². The van der Waals surface area contributed by atoms with Gasteiger partial charge in [0.2, 0.25) is 12.2 Å².